The normalized spacial score (nSPS) is 8.29. The molecule has 1 radical (unpaired) electrons. The van der Waals surface area contributed by atoms with Crippen LogP contribution in [0.2, 0.25) is 0 Å². The van der Waals surface area contributed by atoms with E-state index in [0.717, 1.165) is 0 Å². The fourth-order valence-electron chi connectivity index (χ4n) is 0. The molecule has 0 atom stereocenters. The fraction of sp³-hybridized carbons (Fsp3) is 0. The van der Waals surface area contributed by atoms with E-state index in [4.69, 9.17) is 17.5 Å². The molecule has 7 heavy (non-hydrogen) atoms. The molecule has 0 aliphatic rings. The average molecular weight is 187 g/mol. The maximum Gasteiger partial charge on any atom is 3.00 e. The van der Waals surface area contributed by atoms with E-state index in [1.165, 1.54) is 0 Å². The summed E-state index contributed by atoms with van der Waals surface area (Å²) in [5.74, 6) is 0. The van der Waals surface area contributed by atoms with Crippen molar-refractivity contribution in [2.45, 2.75) is 0 Å². The minimum Gasteiger partial charge on any atom is -1.00 e. The molecular formula is ClFeO4S. The molecule has 0 rings (SSSR count). The van der Waals surface area contributed by atoms with Crippen molar-refractivity contribution >= 4 is 10.4 Å². The Bertz CT molecular complexity index is 94.9. The molecule has 0 saturated heterocycles. The van der Waals surface area contributed by atoms with Crippen molar-refractivity contribution in [3.8, 4) is 0 Å². The van der Waals surface area contributed by atoms with Crippen LogP contribution >= 0.6 is 0 Å². The Hall–Kier alpha value is 0.679. The van der Waals surface area contributed by atoms with Gasteiger partial charge in [-0.05, 0) is 0 Å². The molecule has 45 valence electrons. The molecule has 0 fully saturated rings. The van der Waals surface area contributed by atoms with Crippen LogP contribution in [0.5, 0.6) is 0 Å². The van der Waals surface area contributed by atoms with E-state index in [-0.39, 0.29) is 29.5 Å². The van der Waals surface area contributed by atoms with Crippen LogP contribution in [0, 0.1) is 0 Å². The quantitative estimate of drug-likeness (QED) is 0.218. The van der Waals surface area contributed by atoms with E-state index in [1.807, 2.05) is 0 Å². The maximum atomic E-state index is 8.52. The molecule has 0 N–H and O–H groups in total. The van der Waals surface area contributed by atoms with Gasteiger partial charge >= 0.3 is 17.1 Å². The van der Waals surface area contributed by atoms with Crippen LogP contribution in [0.4, 0.5) is 0 Å². The first kappa shape index (κ1) is 15.6. The van der Waals surface area contributed by atoms with E-state index in [9.17, 15) is 0 Å². The van der Waals surface area contributed by atoms with Gasteiger partial charge in [0, 0.05) is 10.4 Å². The zero-order chi connectivity index (χ0) is 4.50. The largest absolute Gasteiger partial charge is 3.00 e. The standard InChI is InChI=1S/ClH.Fe.H2O4S/c;;1-5(2,3)4/h1H;;(H2,1,2,3,4)/q;+3;/p-3. The third-order valence-corrected chi connectivity index (χ3v) is 0. The third kappa shape index (κ3) is 317. The Labute approximate surface area is 57.8 Å². The van der Waals surface area contributed by atoms with Gasteiger partial charge in [0.15, 0.2) is 0 Å². The Kier molecular flexibility index (Phi) is 10.8. The molecule has 0 aromatic rings. The Morgan fingerprint density at radius 3 is 1.14 bits per heavy atom. The van der Waals surface area contributed by atoms with Crippen LogP contribution in [0.15, 0.2) is 0 Å². The molecule has 0 aliphatic heterocycles. The van der Waals surface area contributed by atoms with Gasteiger partial charge in [0.25, 0.3) is 0 Å². The van der Waals surface area contributed by atoms with Crippen LogP contribution in [0.25, 0.3) is 0 Å². The summed E-state index contributed by atoms with van der Waals surface area (Å²) in [6.07, 6.45) is 0. The Balaban J connectivity index is -0.0000000800. The second-order valence-corrected chi connectivity index (χ2v) is 1.22. The minimum atomic E-state index is -5.17. The monoisotopic (exact) mass is 187 g/mol. The molecule has 0 aliphatic carbocycles. The zero-order valence-corrected chi connectivity index (χ0v) is 5.45. The molecule has 0 unspecified atom stereocenters. The van der Waals surface area contributed by atoms with Crippen LogP contribution in [-0.2, 0) is 27.5 Å². The van der Waals surface area contributed by atoms with E-state index in [1.54, 1.807) is 0 Å². The number of hydrogen-bond acceptors (Lipinski definition) is 4. The van der Waals surface area contributed by atoms with Crippen LogP contribution < -0.4 is 12.4 Å². The van der Waals surface area contributed by atoms with Crippen LogP contribution in [-0.4, -0.2) is 17.5 Å². The molecule has 4 nitrogen and oxygen atoms in total. The summed E-state index contributed by atoms with van der Waals surface area (Å²) in [7, 11) is -5.17. The second kappa shape index (κ2) is 4.83. The predicted octanol–water partition coefficient (Wildman–Crippen LogP) is -4.34. The van der Waals surface area contributed by atoms with E-state index in [2.05, 4.69) is 0 Å². The summed E-state index contributed by atoms with van der Waals surface area (Å²) in [6.45, 7) is 0. The van der Waals surface area contributed by atoms with Gasteiger partial charge in [-0.2, -0.15) is 0 Å². The Morgan fingerprint density at radius 2 is 1.14 bits per heavy atom. The summed E-state index contributed by atoms with van der Waals surface area (Å²) >= 11 is 0. The molecule has 0 heterocycles. The first-order chi connectivity index (χ1) is 2.00. The number of halogens is 1. The van der Waals surface area contributed by atoms with Gasteiger partial charge in [-0.25, -0.2) is 0 Å². The van der Waals surface area contributed by atoms with Gasteiger partial charge in [-0.1, -0.05) is 0 Å². The van der Waals surface area contributed by atoms with E-state index >= 15 is 0 Å². The van der Waals surface area contributed by atoms with Crippen molar-refractivity contribution in [2.24, 2.45) is 0 Å². The van der Waals surface area contributed by atoms with Gasteiger partial charge in [0.05, 0.1) is 0 Å². The first-order valence-corrected chi connectivity index (χ1v) is 2.00. The van der Waals surface area contributed by atoms with Gasteiger partial charge in [-0.15, -0.1) is 0 Å². The van der Waals surface area contributed by atoms with Crippen molar-refractivity contribution < 1.29 is 47.0 Å². The molecule has 0 amide bonds. The van der Waals surface area contributed by atoms with Crippen molar-refractivity contribution in [3.05, 3.63) is 0 Å². The molecule has 0 aromatic heterocycles. The molecule has 0 saturated carbocycles. The van der Waals surface area contributed by atoms with Gasteiger partial charge in [0.2, 0.25) is 0 Å². The van der Waals surface area contributed by atoms with Crippen LogP contribution in [0.3, 0.4) is 0 Å². The van der Waals surface area contributed by atoms with Gasteiger partial charge < -0.3 is 21.5 Å². The maximum absolute atomic E-state index is 8.52. The fourth-order valence-corrected chi connectivity index (χ4v) is 0. The number of hydrogen-bond donors (Lipinski definition) is 0. The van der Waals surface area contributed by atoms with E-state index < -0.39 is 10.4 Å². The molecule has 7 heteroatoms. The summed E-state index contributed by atoms with van der Waals surface area (Å²) in [5, 5.41) is 0. The van der Waals surface area contributed by atoms with Crippen molar-refractivity contribution in [2.75, 3.05) is 0 Å². The van der Waals surface area contributed by atoms with Crippen molar-refractivity contribution in [3.63, 3.8) is 0 Å². The molecule has 0 spiro atoms. The third-order valence-electron chi connectivity index (χ3n) is 0. The zero-order valence-electron chi connectivity index (χ0n) is 2.77. The smallest absolute Gasteiger partial charge is 1.00 e. The van der Waals surface area contributed by atoms with Crippen molar-refractivity contribution in [1.82, 2.24) is 0 Å². The minimum absolute atomic E-state index is 0. The summed E-state index contributed by atoms with van der Waals surface area (Å²) in [4.78, 5) is 0. The topological polar surface area (TPSA) is 80.3 Å². The van der Waals surface area contributed by atoms with Crippen LogP contribution in [0.1, 0.15) is 0 Å². The van der Waals surface area contributed by atoms with Gasteiger partial charge in [0.1, 0.15) is 0 Å². The Morgan fingerprint density at radius 1 is 1.14 bits per heavy atom. The van der Waals surface area contributed by atoms with Crippen molar-refractivity contribution in [1.29, 1.82) is 0 Å². The molecule has 0 aromatic carbocycles. The van der Waals surface area contributed by atoms with E-state index in [0.29, 0.717) is 0 Å². The first-order valence-electron chi connectivity index (χ1n) is 0.667. The van der Waals surface area contributed by atoms with Gasteiger partial charge in [-0.3, -0.25) is 8.42 Å². The SMILES string of the molecule is O=S(=O)([O-])[O-].[Cl-].[Fe+3]. The molecular weight excluding hydrogens is 187 g/mol. The summed E-state index contributed by atoms with van der Waals surface area (Å²) in [6, 6.07) is 0. The molecule has 0 bridgehead atoms. The number of rotatable bonds is 0. The summed E-state index contributed by atoms with van der Waals surface area (Å²) in [5.41, 5.74) is 0. The average Bonchev–Trinajstić information content (AvgIpc) is 0.722. The predicted molar refractivity (Wildman–Crippen MR) is 10.5 cm³/mol. The summed E-state index contributed by atoms with van der Waals surface area (Å²) < 4.78 is 34.1. The second-order valence-electron chi connectivity index (χ2n) is 0.408.